The lowest BCUT2D eigenvalue weighted by atomic mass is 10.1. The van der Waals surface area contributed by atoms with Crippen LogP contribution in [-0.2, 0) is 6.54 Å². The summed E-state index contributed by atoms with van der Waals surface area (Å²) in [7, 11) is 0. The van der Waals surface area contributed by atoms with Gasteiger partial charge < -0.3 is 21.5 Å². The summed E-state index contributed by atoms with van der Waals surface area (Å²) >= 11 is 0. The van der Waals surface area contributed by atoms with Crippen LogP contribution in [0.5, 0.6) is 0 Å². The first-order valence-corrected chi connectivity index (χ1v) is 11.0. The third kappa shape index (κ3) is 5.92. The van der Waals surface area contributed by atoms with Crippen molar-refractivity contribution in [1.82, 2.24) is 14.6 Å². The smallest absolute Gasteiger partial charge is 0.163 e. The maximum atomic E-state index is 14.1. The number of unbranched alkanes of at least 4 members (excludes halogenated alkanes) is 2. The minimum absolute atomic E-state index is 0.0176. The van der Waals surface area contributed by atoms with Gasteiger partial charge in [-0.15, -0.1) is 0 Å². The average molecular weight is 429 g/mol. The average Bonchev–Trinajstić information content (AvgIpc) is 3.19. The highest BCUT2D eigenvalue weighted by Crippen LogP contribution is 2.25. The van der Waals surface area contributed by atoms with Crippen LogP contribution in [0.2, 0.25) is 0 Å². The van der Waals surface area contributed by atoms with E-state index in [-0.39, 0.29) is 24.4 Å². The summed E-state index contributed by atoms with van der Waals surface area (Å²) in [5.41, 5.74) is 7.92. The molecule has 0 radical (unpaired) electrons. The molecule has 3 rings (SSSR count). The zero-order valence-corrected chi connectivity index (χ0v) is 18.3. The molecule has 0 amide bonds. The number of hydrogen-bond acceptors (Lipinski definition) is 6. The van der Waals surface area contributed by atoms with Crippen molar-refractivity contribution >= 4 is 17.3 Å². The molecule has 0 saturated carbocycles. The van der Waals surface area contributed by atoms with E-state index in [2.05, 4.69) is 29.6 Å². The Balaban J connectivity index is 1.85. The molecule has 0 saturated heterocycles. The van der Waals surface area contributed by atoms with Crippen molar-refractivity contribution in [2.45, 2.75) is 58.0 Å². The third-order valence-electron chi connectivity index (χ3n) is 5.37. The van der Waals surface area contributed by atoms with Crippen LogP contribution in [-0.4, -0.2) is 38.9 Å². The zero-order valence-electron chi connectivity index (χ0n) is 18.3. The van der Waals surface area contributed by atoms with Crippen molar-refractivity contribution < 1.29 is 9.50 Å². The monoisotopic (exact) mass is 428 g/mol. The molecule has 3 aromatic rings. The van der Waals surface area contributed by atoms with Crippen LogP contribution < -0.4 is 16.4 Å². The van der Waals surface area contributed by atoms with E-state index in [1.165, 1.54) is 6.07 Å². The number of nitrogens with two attached hydrogens (primary N) is 1. The van der Waals surface area contributed by atoms with Crippen LogP contribution in [0.25, 0.3) is 5.65 Å². The van der Waals surface area contributed by atoms with Gasteiger partial charge in [-0.05, 0) is 31.4 Å². The Labute approximate surface area is 182 Å². The Hall–Kier alpha value is -2.71. The van der Waals surface area contributed by atoms with Crippen LogP contribution in [0, 0.1) is 5.82 Å². The number of anilines is 2. The van der Waals surface area contributed by atoms with Gasteiger partial charge in [0.2, 0.25) is 0 Å². The fourth-order valence-electron chi connectivity index (χ4n) is 3.54. The molecule has 0 unspecified atom stereocenters. The molecule has 2 heterocycles. The van der Waals surface area contributed by atoms with Crippen molar-refractivity contribution in [3.8, 4) is 0 Å². The molecule has 0 aliphatic heterocycles. The summed E-state index contributed by atoms with van der Waals surface area (Å²) in [6.45, 7) is 5.22. The molecule has 168 valence electrons. The Morgan fingerprint density at radius 2 is 2.00 bits per heavy atom. The van der Waals surface area contributed by atoms with Gasteiger partial charge in [-0.3, -0.25) is 0 Å². The van der Waals surface area contributed by atoms with Crippen molar-refractivity contribution in [3.63, 3.8) is 0 Å². The summed E-state index contributed by atoms with van der Waals surface area (Å²) in [6, 6.07) is 8.46. The van der Waals surface area contributed by atoms with Gasteiger partial charge >= 0.3 is 0 Å². The number of nitrogens with one attached hydrogen (secondary N) is 2. The summed E-state index contributed by atoms with van der Waals surface area (Å²) in [5.74, 6) is 1.37. The maximum Gasteiger partial charge on any atom is 0.163 e. The Bertz CT molecular complexity index is 974. The number of nitrogens with zero attached hydrogens (tertiary/aromatic N) is 3. The Morgan fingerprint density at radius 3 is 2.71 bits per heavy atom. The van der Waals surface area contributed by atoms with Crippen LogP contribution in [0.4, 0.5) is 16.0 Å². The van der Waals surface area contributed by atoms with Gasteiger partial charge in [-0.2, -0.15) is 9.61 Å². The first kappa shape index (κ1) is 23.0. The molecular formula is C23H33FN6O. The van der Waals surface area contributed by atoms with E-state index in [1.807, 2.05) is 18.3 Å². The molecule has 0 aliphatic rings. The van der Waals surface area contributed by atoms with E-state index in [0.717, 1.165) is 36.9 Å². The molecule has 7 nitrogen and oxygen atoms in total. The molecule has 2 aromatic heterocycles. The second-order valence-corrected chi connectivity index (χ2v) is 8.12. The SMILES string of the molecule is CC(C)c1cnn2c(NCc3ccccc3F)cc(N[C@@H](CO)CCCCCN)nc12. The largest absolute Gasteiger partial charge is 0.394 e. The lowest BCUT2D eigenvalue weighted by molar-refractivity contribution is 0.266. The maximum absolute atomic E-state index is 14.1. The van der Waals surface area contributed by atoms with E-state index in [9.17, 15) is 9.50 Å². The Kier molecular flexibility index (Phi) is 8.20. The molecule has 0 fully saturated rings. The molecule has 8 heteroatoms. The highest BCUT2D eigenvalue weighted by molar-refractivity contribution is 5.61. The Morgan fingerprint density at radius 1 is 1.19 bits per heavy atom. The second kappa shape index (κ2) is 11.1. The van der Waals surface area contributed by atoms with E-state index in [0.29, 0.717) is 30.3 Å². The minimum Gasteiger partial charge on any atom is -0.394 e. The molecule has 5 N–H and O–H groups in total. The lowest BCUT2D eigenvalue weighted by Crippen LogP contribution is -2.24. The van der Waals surface area contributed by atoms with E-state index >= 15 is 0 Å². The molecule has 0 bridgehead atoms. The third-order valence-corrected chi connectivity index (χ3v) is 5.37. The first-order chi connectivity index (χ1) is 15.0. The van der Waals surface area contributed by atoms with Gasteiger partial charge in [0.25, 0.3) is 0 Å². The molecule has 0 spiro atoms. The highest BCUT2D eigenvalue weighted by Gasteiger charge is 2.16. The van der Waals surface area contributed by atoms with Gasteiger partial charge in [-0.25, -0.2) is 9.37 Å². The van der Waals surface area contributed by atoms with Gasteiger partial charge in [-0.1, -0.05) is 44.9 Å². The van der Waals surface area contributed by atoms with Crippen LogP contribution in [0.15, 0.2) is 36.5 Å². The number of aliphatic hydroxyl groups excluding tert-OH is 1. The summed E-state index contributed by atoms with van der Waals surface area (Å²) < 4.78 is 15.8. The fourth-order valence-corrected chi connectivity index (χ4v) is 3.54. The summed E-state index contributed by atoms with van der Waals surface area (Å²) in [5, 5.41) is 21.0. The van der Waals surface area contributed by atoms with Crippen LogP contribution in [0.1, 0.15) is 56.6 Å². The quantitative estimate of drug-likeness (QED) is 0.327. The number of halogens is 1. The van der Waals surface area contributed by atoms with Crippen LogP contribution in [0.3, 0.4) is 0 Å². The number of hydrogen-bond donors (Lipinski definition) is 4. The number of rotatable bonds is 12. The van der Waals surface area contributed by atoms with Gasteiger partial charge in [0.05, 0.1) is 18.8 Å². The molecule has 31 heavy (non-hydrogen) atoms. The number of benzene rings is 1. The summed E-state index contributed by atoms with van der Waals surface area (Å²) in [6.07, 6.45) is 5.66. The molecule has 1 atom stereocenters. The second-order valence-electron chi connectivity index (χ2n) is 8.12. The minimum atomic E-state index is -0.250. The van der Waals surface area contributed by atoms with E-state index in [1.54, 1.807) is 16.6 Å². The van der Waals surface area contributed by atoms with Crippen molar-refractivity contribution in [2.75, 3.05) is 23.8 Å². The predicted molar refractivity (Wildman–Crippen MR) is 123 cm³/mol. The molecule has 0 aliphatic carbocycles. The predicted octanol–water partition coefficient (Wildman–Crippen LogP) is 3.90. The summed E-state index contributed by atoms with van der Waals surface area (Å²) in [4.78, 5) is 4.77. The topological polar surface area (TPSA) is 100 Å². The van der Waals surface area contributed by atoms with Crippen molar-refractivity contribution in [3.05, 3.63) is 53.5 Å². The standard InChI is InChI=1S/C23H33FN6O/c1-16(2)19-14-27-30-22(26-13-17-8-5-6-10-20(17)24)12-21(29-23(19)30)28-18(15-31)9-4-3-7-11-25/h5-6,8,10,12,14,16,18,26,31H,3-4,7,9,11,13,15,25H2,1-2H3,(H,28,29)/t18-/m1/s1. The normalized spacial score (nSPS) is 12.5. The van der Waals surface area contributed by atoms with E-state index in [4.69, 9.17) is 10.7 Å². The zero-order chi connectivity index (χ0) is 22.2. The number of fused-ring (bicyclic) bond motifs is 1. The fraction of sp³-hybridized carbons (Fsp3) is 0.478. The van der Waals surface area contributed by atoms with Crippen LogP contribution >= 0.6 is 0 Å². The first-order valence-electron chi connectivity index (χ1n) is 11.0. The number of aromatic nitrogens is 3. The molecular weight excluding hydrogens is 395 g/mol. The lowest BCUT2D eigenvalue weighted by Gasteiger charge is -2.18. The highest BCUT2D eigenvalue weighted by atomic mass is 19.1. The number of aliphatic hydroxyl groups is 1. The van der Waals surface area contributed by atoms with Gasteiger partial charge in [0, 0.05) is 23.7 Å². The van der Waals surface area contributed by atoms with Gasteiger partial charge in [0.1, 0.15) is 17.5 Å². The van der Waals surface area contributed by atoms with Gasteiger partial charge in [0.15, 0.2) is 5.65 Å². The van der Waals surface area contributed by atoms with E-state index < -0.39 is 0 Å². The molecule has 1 aromatic carbocycles. The van der Waals surface area contributed by atoms with Crippen molar-refractivity contribution in [2.24, 2.45) is 5.73 Å². The van der Waals surface area contributed by atoms with Crippen molar-refractivity contribution in [1.29, 1.82) is 0 Å².